The lowest BCUT2D eigenvalue weighted by atomic mass is 10.3. The zero-order chi connectivity index (χ0) is 17.5. The summed E-state index contributed by atoms with van der Waals surface area (Å²) in [5.74, 6) is 0.648. The molecule has 0 bridgehead atoms. The Labute approximate surface area is 149 Å². The summed E-state index contributed by atoms with van der Waals surface area (Å²) in [4.78, 5) is 21.3. The highest BCUT2D eigenvalue weighted by Gasteiger charge is 2.05. The highest BCUT2D eigenvalue weighted by molar-refractivity contribution is 7.98. The van der Waals surface area contributed by atoms with Crippen molar-refractivity contribution in [2.75, 3.05) is 16.9 Å². The van der Waals surface area contributed by atoms with Crippen molar-refractivity contribution in [2.24, 2.45) is 0 Å². The van der Waals surface area contributed by atoms with Gasteiger partial charge in [0.15, 0.2) is 0 Å². The smallest absolute Gasteiger partial charge is 0.323 e. The highest BCUT2D eigenvalue weighted by Crippen LogP contribution is 2.20. The van der Waals surface area contributed by atoms with Gasteiger partial charge in [0.1, 0.15) is 5.75 Å². The lowest BCUT2D eigenvalue weighted by Gasteiger charge is -2.08. The molecule has 1 heterocycles. The minimum absolute atomic E-state index is 0.213. The zero-order valence-electron chi connectivity index (χ0n) is 13.5. The molecule has 0 radical (unpaired) electrons. The standard InChI is InChI=1S/C18H16N4O2S/c1-25-16-9-5-6-13(10-16)21-17(23)22-14-11-19-18(20-12-14)24-15-7-3-2-4-8-15/h2-12H,1H3,(H2,21,22,23). The van der Waals surface area contributed by atoms with Gasteiger partial charge in [-0.15, -0.1) is 11.8 Å². The van der Waals surface area contributed by atoms with Crippen LogP contribution < -0.4 is 15.4 Å². The predicted octanol–water partition coefficient (Wildman–Crippen LogP) is 4.63. The minimum atomic E-state index is -0.362. The number of carbonyl (C=O) groups is 1. The SMILES string of the molecule is CSc1cccc(NC(=O)Nc2cnc(Oc3ccccc3)nc2)c1. The van der Waals surface area contributed by atoms with Crippen molar-refractivity contribution in [3.63, 3.8) is 0 Å². The lowest BCUT2D eigenvalue weighted by Crippen LogP contribution is -2.19. The Bertz CT molecular complexity index is 841. The van der Waals surface area contributed by atoms with Gasteiger partial charge in [0.2, 0.25) is 0 Å². The van der Waals surface area contributed by atoms with Crippen LogP contribution in [0.15, 0.2) is 71.9 Å². The maximum absolute atomic E-state index is 12.0. The Hall–Kier alpha value is -3.06. The van der Waals surface area contributed by atoms with Gasteiger partial charge in [-0.05, 0) is 36.6 Å². The molecule has 3 rings (SSSR count). The van der Waals surface area contributed by atoms with Crippen LogP contribution in [-0.2, 0) is 0 Å². The van der Waals surface area contributed by atoms with Crippen molar-refractivity contribution in [2.45, 2.75) is 4.90 Å². The number of urea groups is 1. The van der Waals surface area contributed by atoms with Gasteiger partial charge < -0.3 is 15.4 Å². The number of aromatic nitrogens is 2. The number of ether oxygens (including phenoxy) is 1. The second kappa shape index (κ2) is 8.16. The fourth-order valence-electron chi connectivity index (χ4n) is 2.02. The van der Waals surface area contributed by atoms with E-state index in [1.54, 1.807) is 11.8 Å². The summed E-state index contributed by atoms with van der Waals surface area (Å²) in [5, 5.41) is 5.45. The van der Waals surface area contributed by atoms with Gasteiger partial charge in [0.05, 0.1) is 18.1 Å². The number of hydrogen-bond donors (Lipinski definition) is 2. The molecule has 3 aromatic rings. The summed E-state index contributed by atoms with van der Waals surface area (Å²) in [5.41, 5.74) is 1.19. The number of amides is 2. The van der Waals surface area contributed by atoms with Crippen LogP contribution in [0.25, 0.3) is 0 Å². The summed E-state index contributed by atoms with van der Waals surface area (Å²) in [6, 6.07) is 16.7. The van der Waals surface area contributed by atoms with Crippen molar-refractivity contribution >= 4 is 29.2 Å². The van der Waals surface area contributed by atoms with Crippen LogP contribution in [0.1, 0.15) is 0 Å². The molecule has 0 fully saturated rings. The molecule has 1 aromatic heterocycles. The molecule has 7 heteroatoms. The number of benzene rings is 2. The summed E-state index contributed by atoms with van der Waals surface area (Å²) in [6.45, 7) is 0. The van der Waals surface area contributed by atoms with Crippen molar-refractivity contribution < 1.29 is 9.53 Å². The van der Waals surface area contributed by atoms with E-state index in [1.807, 2.05) is 60.9 Å². The summed E-state index contributed by atoms with van der Waals surface area (Å²) < 4.78 is 5.51. The van der Waals surface area contributed by atoms with Gasteiger partial charge in [0.25, 0.3) is 0 Å². The molecule has 0 aliphatic carbocycles. The molecule has 126 valence electrons. The maximum Gasteiger partial charge on any atom is 0.323 e. The number of para-hydroxylation sites is 1. The molecular formula is C18H16N4O2S. The van der Waals surface area contributed by atoms with Crippen LogP contribution in [0, 0.1) is 0 Å². The van der Waals surface area contributed by atoms with Crippen LogP contribution in [0.2, 0.25) is 0 Å². The third-order valence-electron chi connectivity index (χ3n) is 3.17. The number of thioether (sulfide) groups is 1. The third kappa shape index (κ3) is 4.95. The number of hydrogen-bond acceptors (Lipinski definition) is 5. The van der Waals surface area contributed by atoms with Gasteiger partial charge in [-0.1, -0.05) is 24.3 Å². The molecule has 0 spiro atoms. The Kier molecular flexibility index (Phi) is 5.48. The van der Waals surface area contributed by atoms with E-state index >= 15 is 0 Å². The van der Waals surface area contributed by atoms with E-state index in [4.69, 9.17) is 4.74 Å². The van der Waals surface area contributed by atoms with Crippen LogP contribution in [0.4, 0.5) is 16.2 Å². The molecule has 0 aliphatic rings. The molecule has 0 unspecified atom stereocenters. The van der Waals surface area contributed by atoms with Crippen molar-refractivity contribution in [3.05, 3.63) is 67.0 Å². The fraction of sp³-hybridized carbons (Fsp3) is 0.0556. The van der Waals surface area contributed by atoms with E-state index in [-0.39, 0.29) is 12.0 Å². The molecule has 25 heavy (non-hydrogen) atoms. The Balaban J connectivity index is 1.58. The topological polar surface area (TPSA) is 76.1 Å². The molecule has 0 aliphatic heterocycles. The molecule has 2 aromatic carbocycles. The lowest BCUT2D eigenvalue weighted by molar-refractivity contribution is 0.262. The third-order valence-corrected chi connectivity index (χ3v) is 3.89. The van der Waals surface area contributed by atoms with Gasteiger partial charge in [-0.2, -0.15) is 0 Å². The van der Waals surface area contributed by atoms with E-state index < -0.39 is 0 Å². The number of nitrogens with zero attached hydrogens (tertiary/aromatic N) is 2. The quantitative estimate of drug-likeness (QED) is 0.655. The second-order valence-electron chi connectivity index (χ2n) is 4.98. The summed E-state index contributed by atoms with van der Waals surface area (Å²) >= 11 is 1.61. The fourth-order valence-corrected chi connectivity index (χ4v) is 2.48. The molecule has 0 atom stereocenters. The van der Waals surface area contributed by atoms with Gasteiger partial charge in [-0.25, -0.2) is 14.8 Å². The van der Waals surface area contributed by atoms with Crippen LogP contribution in [0.5, 0.6) is 11.8 Å². The Morgan fingerprint density at radius 3 is 2.40 bits per heavy atom. The van der Waals surface area contributed by atoms with Crippen molar-refractivity contribution in [3.8, 4) is 11.8 Å². The van der Waals surface area contributed by atoms with E-state index in [9.17, 15) is 4.79 Å². The molecule has 2 N–H and O–H groups in total. The largest absolute Gasteiger partial charge is 0.424 e. The minimum Gasteiger partial charge on any atom is -0.424 e. The first-order valence-corrected chi connectivity index (χ1v) is 8.72. The monoisotopic (exact) mass is 352 g/mol. The van der Waals surface area contributed by atoms with Crippen molar-refractivity contribution in [1.82, 2.24) is 9.97 Å². The van der Waals surface area contributed by atoms with Gasteiger partial charge in [0, 0.05) is 10.6 Å². The van der Waals surface area contributed by atoms with Crippen LogP contribution >= 0.6 is 11.8 Å². The van der Waals surface area contributed by atoms with E-state index in [2.05, 4.69) is 20.6 Å². The number of carbonyl (C=O) groups excluding carboxylic acids is 1. The predicted molar refractivity (Wildman–Crippen MR) is 99.4 cm³/mol. The zero-order valence-corrected chi connectivity index (χ0v) is 14.3. The second-order valence-corrected chi connectivity index (χ2v) is 5.86. The maximum atomic E-state index is 12.0. The summed E-state index contributed by atoms with van der Waals surface area (Å²) in [6.07, 6.45) is 4.96. The molecular weight excluding hydrogens is 336 g/mol. The molecule has 0 saturated heterocycles. The summed E-state index contributed by atoms with van der Waals surface area (Å²) in [7, 11) is 0. The van der Waals surface area contributed by atoms with E-state index in [0.29, 0.717) is 17.1 Å². The molecule has 6 nitrogen and oxygen atoms in total. The average molecular weight is 352 g/mol. The van der Waals surface area contributed by atoms with Crippen LogP contribution in [-0.4, -0.2) is 22.3 Å². The Morgan fingerprint density at radius 1 is 0.960 bits per heavy atom. The van der Waals surface area contributed by atoms with Crippen LogP contribution in [0.3, 0.4) is 0 Å². The van der Waals surface area contributed by atoms with Gasteiger partial charge in [-0.3, -0.25) is 0 Å². The van der Waals surface area contributed by atoms with Gasteiger partial charge >= 0.3 is 12.0 Å². The number of nitrogens with one attached hydrogen (secondary N) is 2. The molecule has 0 saturated carbocycles. The first-order chi connectivity index (χ1) is 12.2. The van der Waals surface area contributed by atoms with E-state index in [1.165, 1.54) is 12.4 Å². The normalized spacial score (nSPS) is 10.1. The number of anilines is 2. The average Bonchev–Trinajstić information content (AvgIpc) is 2.64. The first kappa shape index (κ1) is 16.8. The van der Waals surface area contributed by atoms with E-state index in [0.717, 1.165) is 4.90 Å². The first-order valence-electron chi connectivity index (χ1n) is 7.50. The molecule has 2 amide bonds. The van der Waals surface area contributed by atoms with Crippen molar-refractivity contribution in [1.29, 1.82) is 0 Å². The number of rotatable bonds is 5. The highest BCUT2D eigenvalue weighted by atomic mass is 32.2. The Morgan fingerprint density at radius 2 is 1.68 bits per heavy atom.